The number of benzene rings is 1. The van der Waals surface area contributed by atoms with Crippen LogP contribution in [0.25, 0.3) is 0 Å². The number of nitrogens with one attached hydrogen (secondary N) is 1. The number of pyridine rings is 1. The molecule has 1 heterocycles. The van der Waals surface area contributed by atoms with E-state index >= 15 is 0 Å². The number of hydrogen-bond donors (Lipinski definition) is 1. The van der Waals surface area contributed by atoms with Crippen molar-refractivity contribution in [1.82, 2.24) is 4.98 Å². The summed E-state index contributed by atoms with van der Waals surface area (Å²) in [6.45, 7) is 5.10. The lowest BCUT2D eigenvalue weighted by atomic mass is 10.0. The van der Waals surface area contributed by atoms with Crippen LogP contribution in [0.3, 0.4) is 0 Å². The second-order valence-electron chi connectivity index (χ2n) is 4.72. The lowest BCUT2D eigenvalue weighted by molar-refractivity contribution is 0.866. The molecule has 4 heteroatoms. The van der Waals surface area contributed by atoms with Crippen LogP contribution in [0, 0.1) is 0 Å². The van der Waals surface area contributed by atoms with Gasteiger partial charge < -0.3 is 5.32 Å². The third-order valence-corrected chi connectivity index (χ3v) is 4.02. The lowest BCUT2D eigenvalue weighted by Crippen LogP contribution is -2.03. The zero-order valence-corrected chi connectivity index (χ0v) is 14.1. The molecule has 0 radical (unpaired) electrons. The second kappa shape index (κ2) is 6.53. The van der Waals surface area contributed by atoms with Crippen molar-refractivity contribution >= 4 is 37.5 Å². The SMILES string of the molecule is CC(C)c1cccc(NCc2ncc(Br)cc2Br)c1. The van der Waals surface area contributed by atoms with Crippen molar-refractivity contribution in [2.45, 2.75) is 26.3 Å². The van der Waals surface area contributed by atoms with Gasteiger partial charge in [-0.05, 0) is 61.5 Å². The minimum atomic E-state index is 0.541. The molecule has 1 aromatic heterocycles. The molecule has 0 bridgehead atoms. The van der Waals surface area contributed by atoms with Gasteiger partial charge in [-0.3, -0.25) is 4.98 Å². The molecule has 1 N–H and O–H groups in total. The van der Waals surface area contributed by atoms with Gasteiger partial charge in [-0.15, -0.1) is 0 Å². The standard InChI is InChI=1S/C15H16Br2N2/c1-10(2)11-4-3-5-13(6-11)18-9-15-14(17)7-12(16)8-19-15/h3-8,10,18H,9H2,1-2H3. The number of anilines is 1. The summed E-state index contributed by atoms with van der Waals surface area (Å²) < 4.78 is 1.99. The van der Waals surface area contributed by atoms with Crippen LogP contribution in [0.5, 0.6) is 0 Å². The Morgan fingerprint density at radius 1 is 1.21 bits per heavy atom. The molecule has 19 heavy (non-hydrogen) atoms. The van der Waals surface area contributed by atoms with Gasteiger partial charge in [0.15, 0.2) is 0 Å². The van der Waals surface area contributed by atoms with Crippen LogP contribution < -0.4 is 5.32 Å². The fraction of sp³-hybridized carbons (Fsp3) is 0.267. The second-order valence-corrected chi connectivity index (χ2v) is 6.49. The Bertz CT molecular complexity index is 568. The monoisotopic (exact) mass is 382 g/mol. The molecule has 0 unspecified atom stereocenters. The molecule has 100 valence electrons. The van der Waals surface area contributed by atoms with Crippen LogP contribution >= 0.6 is 31.9 Å². The molecule has 0 spiro atoms. The first-order chi connectivity index (χ1) is 9.06. The number of halogens is 2. The van der Waals surface area contributed by atoms with E-state index in [0.717, 1.165) is 20.3 Å². The molecular weight excluding hydrogens is 368 g/mol. The highest BCUT2D eigenvalue weighted by Crippen LogP contribution is 2.22. The maximum Gasteiger partial charge on any atom is 0.0737 e. The summed E-state index contributed by atoms with van der Waals surface area (Å²) in [7, 11) is 0. The third-order valence-electron chi connectivity index (χ3n) is 2.90. The predicted molar refractivity (Wildman–Crippen MR) is 87.5 cm³/mol. The zero-order valence-electron chi connectivity index (χ0n) is 11.0. The van der Waals surface area contributed by atoms with Crippen molar-refractivity contribution < 1.29 is 0 Å². The first-order valence-electron chi connectivity index (χ1n) is 6.20. The Balaban J connectivity index is 2.08. The molecule has 0 atom stereocenters. The Morgan fingerprint density at radius 3 is 2.68 bits per heavy atom. The minimum Gasteiger partial charge on any atom is -0.379 e. The molecule has 0 fully saturated rings. The van der Waals surface area contributed by atoms with E-state index in [1.807, 2.05) is 12.3 Å². The highest BCUT2D eigenvalue weighted by Gasteiger charge is 2.04. The Labute approximate surface area is 130 Å². The van der Waals surface area contributed by atoms with Crippen LogP contribution in [0.1, 0.15) is 31.0 Å². The fourth-order valence-electron chi connectivity index (χ4n) is 1.77. The quantitative estimate of drug-likeness (QED) is 0.770. The Hall–Kier alpha value is -0.870. The van der Waals surface area contributed by atoms with E-state index < -0.39 is 0 Å². The number of nitrogens with zero attached hydrogens (tertiary/aromatic N) is 1. The van der Waals surface area contributed by atoms with Crippen molar-refractivity contribution in [2.24, 2.45) is 0 Å². The highest BCUT2D eigenvalue weighted by atomic mass is 79.9. The predicted octanol–water partition coefficient (Wildman–Crippen LogP) is 5.34. The maximum absolute atomic E-state index is 4.39. The van der Waals surface area contributed by atoms with Gasteiger partial charge >= 0.3 is 0 Å². The zero-order chi connectivity index (χ0) is 13.8. The molecule has 0 aliphatic heterocycles. The molecule has 0 saturated heterocycles. The minimum absolute atomic E-state index is 0.541. The number of aromatic nitrogens is 1. The lowest BCUT2D eigenvalue weighted by Gasteiger charge is -2.11. The van der Waals surface area contributed by atoms with E-state index in [4.69, 9.17) is 0 Å². The van der Waals surface area contributed by atoms with Crippen molar-refractivity contribution in [1.29, 1.82) is 0 Å². The molecule has 0 aliphatic rings. The molecule has 2 rings (SSSR count). The summed E-state index contributed by atoms with van der Waals surface area (Å²) >= 11 is 6.93. The van der Waals surface area contributed by atoms with Crippen LogP contribution in [-0.4, -0.2) is 4.98 Å². The molecule has 2 nitrogen and oxygen atoms in total. The van der Waals surface area contributed by atoms with Crippen LogP contribution in [0.15, 0.2) is 45.5 Å². The number of rotatable bonds is 4. The molecule has 0 saturated carbocycles. The van der Waals surface area contributed by atoms with Crippen LogP contribution in [0.4, 0.5) is 5.69 Å². The van der Waals surface area contributed by atoms with E-state index in [2.05, 4.69) is 80.3 Å². The van der Waals surface area contributed by atoms with Gasteiger partial charge in [0.1, 0.15) is 0 Å². The van der Waals surface area contributed by atoms with E-state index in [9.17, 15) is 0 Å². The topological polar surface area (TPSA) is 24.9 Å². The van der Waals surface area contributed by atoms with Gasteiger partial charge in [0.2, 0.25) is 0 Å². The van der Waals surface area contributed by atoms with E-state index in [1.165, 1.54) is 5.56 Å². The first-order valence-corrected chi connectivity index (χ1v) is 7.78. The van der Waals surface area contributed by atoms with Gasteiger partial charge in [0.05, 0.1) is 12.2 Å². The van der Waals surface area contributed by atoms with E-state index in [-0.39, 0.29) is 0 Å². The van der Waals surface area contributed by atoms with Gasteiger partial charge in [-0.2, -0.15) is 0 Å². The average Bonchev–Trinajstić information content (AvgIpc) is 2.38. The van der Waals surface area contributed by atoms with Crippen LogP contribution in [-0.2, 0) is 6.54 Å². The molecule has 0 amide bonds. The first kappa shape index (κ1) is 14.5. The molecule has 1 aromatic carbocycles. The van der Waals surface area contributed by atoms with Gasteiger partial charge in [-0.25, -0.2) is 0 Å². The largest absolute Gasteiger partial charge is 0.379 e. The summed E-state index contributed by atoms with van der Waals surface area (Å²) in [6.07, 6.45) is 1.81. The van der Waals surface area contributed by atoms with Gasteiger partial charge in [-0.1, -0.05) is 26.0 Å². The smallest absolute Gasteiger partial charge is 0.0737 e. The van der Waals surface area contributed by atoms with Crippen LogP contribution in [0.2, 0.25) is 0 Å². The highest BCUT2D eigenvalue weighted by molar-refractivity contribution is 9.11. The summed E-state index contributed by atoms with van der Waals surface area (Å²) in [5.41, 5.74) is 3.47. The molecule has 0 aliphatic carbocycles. The van der Waals surface area contributed by atoms with Gasteiger partial charge in [0, 0.05) is 20.8 Å². The Kier molecular flexibility index (Phi) is 4.99. The van der Waals surface area contributed by atoms with Crippen molar-refractivity contribution in [3.8, 4) is 0 Å². The fourth-order valence-corrected chi connectivity index (χ4v) is 2.89. The summed E-state index contributed by atoms with van der Waals surface area (Å²) in [6, 6.07) is 10.5. The third kappa shape index (κ3) is 4.05. The maximum atomic E-state index is 4.39. The number of hydrogen-bond acceptors (Lipinski definition) is 2. The summed E-state index contributed by atoms with van der Waals surface area (Å²) in [5, 5.41) is 3.41. The van der Waals surface area contributed by atoms with Gasteiger partial charge in [0.25, 0.3) is 0 Å². The van der Waals surface area contributed by atoms with Crippen molar-refractivity contribution in [2.75, 3.05) is 5.32 Å². The summed E-state index contributed by atoms with van der Waals surface area (Å²) in [5.74, 6) is 0.541. The molecule has 2 aromatic rings. The van der Waals surface area contributed by atoms with E-state index in [1.54, 1.807) is 0 Å². The normalized spacial score (nSPS) is 10.8. The molecular formula is C15H16Br2N2. The van der Waals surface area contributed by atoms with Crippen molar-refractivity contribution in [3.05, 3.63) is 56.7 Å². The van der Waals surface area contributed by atoms with Crippen molar-refractivity contribution in [3.63, 3.8) is 0 Å². The summed E-state index contributed by atoms with van der Waals surface area (Å²) in [4.78, 5) is 4.39. The van der Waals surface area contributed by atoms with E-state index in [0.29, 0.717) is 12.5 Å². The Morgan fingerprint density at radius 2 is 2.00 bits per heavy atom. The average molecular weight is 384 g/mol.